The highest BCUT2D eigenvalue weighted by Gasteiger charge is 2.34. The summed E-state index contributed by atoms with van der Waals surface area (Å²) in [5.41, 5.74) is -1.16. The van der Waals surface area contributed by atoms with E-state index < -0.39 is 24.1 Å². The third-order valence-electron chi connectivity index (χ3n) is 2.21. The van der Waals surface area contributed by atoms with Gasteiger partial charge in [0.1, 0.15) is 5.75 Å². The molecule has 1 aromatic rings. The average Bonchev–Trinajstić information content (AvgIpc) is 2.25. The molecule has 1 rings (SSSR count). The summed E-state index contributed by atoms with van der Waals surface area (Å²) in [7, 11) is 0. The second-order valence-electron chi connectivity index (χ2n) is 3.45. The molecule has 0 radical (unpaired) electrons. The van der Waals surface area contributed by atoms with Crippen molar-refractivity contribution < 1.29 is 26.7 Å². The van der Waals surface area contributed by atoms with Crippen LogP contribution in [0.1, 0.15) is 17.5 Å². The van der Waals surface area contributed by atoms with E-state index >= 15 is 0 Å². The minimum atomic E-state index is -4.58. The molecule has 102 valence electrons. The van der Waals surface area contributed by atoms with E-state index in [0.717, 1.165) is 18.2 Å². The van der Waals surface area contributed by atoms with Gasteiger partial charge in [-0.1, -0.05) is 22.0 Å². The molecule has 7 heteroatoms. The van der Waals surface area contributed by atoms with Gasteiger partial charge >= 0.3 is 12.8 Å². The van der Waals surface area contributed by atoms with Crippen LogP contribution in [0, 0.1) is 0 Å². The maximum absolute atomic E-state index is 12.7. The van der Waals surface area contributed by atoms with Gasteiger partial charge < -0.3 is 4.74 Å². The van der Waals surface area contributed by atoms with Crippen LogP contribution in [0.2, 0.25) is 0 Å². The molecular formula is C11H10BrF5O. The predicted molar refractivity (Wildman–Crippen MR) is 60.2 cm³/mol. The Hall–Kier alpha value is -0.850. The Balaban J connectivity index is 3.17. The molecular weight excluding hydrogens is 323 g/mol. The Morgan fingerprint density at radius 3 is 2.39 bits per heavy atom. The van der Waals surface area contributed by atoms with Crippen molar-refractivity contribution in [2.45, 2.75) is 25.6 Å². The summed E-state index contributed by atoms with van der Waals surface area (Å²) in [6.07, 6.45) is -4.17. The molecule has 0 saturated heterocycles. The van der Waals surface area contributed by atoms with E-state index in [1.54, 1.807) is 0 Å². The third kappa shape index (κ3) is 4.12. The highest BCUT2D eigenvalue weighted by Crippen LogP contribution is 2.37. The summed E-state index contributed by atoms with van der Waals surface area (Å²) in [6, 6.07) is 3.03. The lowest BCUT2D eigenvalue weighted by molar-refractivity contribution is -0.138. The molecule has 0 spiro atoms. The fraction of sp³-hybridized carbons (Fsp3) is 0.455. The van der Waals surface area contributed by atoms with Gasteiger partial charge in [-0.15, -0.1) is 0 Å². The zero-order valence-corrected chi connectivity index (χ0v) is 10.7. The van der Waals surface area contributed by atoms with Crippen LogP contribution in [0.5, 0.6) is 5.75 Å². The first-order valence-corrected chi connectivity index (χ1v) is 6.18. The first-order valence-electron chi connectivity index (χ1n) is 5.06. The number of alkyl halides is 6. The predicted octanol–water partition coefficient (Wildman–Crippen LogP) is 4.63. The van der Waals surface area contributed by atoms with Gasteiger partial charge in [0.15, 0.2) is 0 Å². The molecule has 0 aromatic heterocycles. The monoisotopic (exact) mass is 332 g/mol. The van der Waals surface area contributed by atoms with E-state index in [4.69, 9.17) is 0 Å². The molecule has 0 aliphatic rings. The molecule has 0 fully saturated rings. The van der Waals surface area contributed by atoms with Crippen LogP contribution in [0.3, 0.4) is 0 Å². The highest BCUT2D eigenvalue weighted by molar-refractivity contribution is 9.09. The summed E-state index contributed by atoms with van der Waals surface area (Å²) >= 11 is 3.09. The Labute approximate surface area is 109 Å². The molecule has 0 aliphatic carbocycles. The fourth-order valence-electron chi connectivity index (χ4n) is 1.54. The van der Waals surface area contributed by atoms with Crippen LogP contribution < -0.4 is 4.74 Å². The number of ether oxygens (including phenoxy) is 1. The first kappa shape index (κ1) is 15.2. The van der Waals surface area contributed by atoms with Gasteiger partial charge in [-0.2, -0.15) is 22.0 Å². The number of benzene rings is 1. The van der Waals surface area contributed by atoms with Crippen LogP contribution in [0.25, 0.3) is 0 Å². The maximum Gasteiger partial charge on any atom is 0.416 e. The molecule has 0 unspecified atom stereocenters. The minimum absolute atomic E-state index is 0.0169. The lowest BCUT2D eigenvalue weighted by Gasteiger charge is -2.16. The molecule has 1 aromatic carbocycles. The fourth-order valence-corrected chi connectivity index (χ4v) is 1.82. The number of halogens is 6. The normalized spacial score (nSPS) is 11.9. The van der Waals surface area contributed by atoms with Crippen LogP contribution in [-0.2, 0) is 12.6 Å². The topological polar surface area (TPSA) is 9.23 Å². The van der Waals surface area contributed by atoms with E-state index in [0.29, 0.717) is 11.8 Å². The first-order chi connectivity index (χ1) is 8.36. The number of rotatable bonds is 5. The summed E-state index contributed by atoms with van der Waals surface area (Å²) < 4.78 is 66.6. The number of hydrogen-bond acceptors (Lipinski definition) is 1. The quantitative estimate of drug-likeness (QED) is 0.564. The average molecular weight is 333 g/mol. The van der Waals surface area contributed by atoms with Crippen molar-refractivity contribution in [3.63, 3.8) is 0 Å². The Kier molecular flexibility index (Phi) is 5.37. The van der Waals surface area contributed by atoms with E-state index in [9.17, 15) is 22.0 Å². The standard InChI is InChI=1S/C11H10BrF5O/c12-6-2-3-7-8(11(15,16)17)4-1-5-9(7)18-10(13)14/h1,4-5,10H,2-3,6H2. The zero-order valence-electron chi connectivity index (χ0n) is 9.11. The molecule has 0 heterocycles. The summed E-state index contributed by atoms with van der Waals surface area (Å²) in [5, 5.41) is 0.479. The summed E-state index contributed by atoms with van der Waals surface area (Å²) in [6.45, 7) is -3.14. The minimum Gasteiger partial charge on any atom is -0.435 e. The van der Waals surface area contributed by atoms with Gasteiger partial charge in [-0.25, -0.2) is 0 Å². The second-order valence-corrected chi connectivity index (χ2v) is 4.24. The van der Waals surface area contributed by atoms with Gasteiger partial charge in [-0.3, -0.25) is 0 Å². The zero-order chi connectivity index (χ0) is 13.8. The van der Waals surface area contributed by atoms with E-state index in [1.807, 2.05) is 0 Å². The maximum atomic E-state index is 12.7. The molecule has 0 amide bonds. The van der Waals surface area contributed by atoms with Gasteiger partial charge in [0.25, 0.3) is 0 Å². The van der Waals surface area contributed by atoms with Crippen LogP contribution >= 0.6 is 15.9 Å². The van der Waals surface area contributed by atoms with Crippen molar-refractivity contribution in [1.29, 1.82) is 0 Å². The van der Waals surface area contributed by atoms with Gasteiger partial charge in [0.05, 0.1) is 5.56 Å². The van der Waals surface area contributed by atoms with Crippen LogP contribution in [0.15, 0.2) is 18.2 Å². The van der Waals surface area contributed by atoms with Crippen molar-refractivity contribution in [1.82, 2.24) is 0 Å². The van der Waals surface area contributed by atoms with Crippen molar-refractivity contribution in [3.05, 3.63) is 29.3 Å². The molecule has 0 atom stereocenters. The Morgan fingerprint density at radius 2 is 1.89 bits per heavy atom. The third-order valence-corrected chi connectivity index (χ3v) is 2.78. The largest absolute Gasteiger partial charge is 0.435 e. The molecule has 0 bridgehead atoms. The lowest BCUT2D eigenvalue weighted by Crippen LogP contribution is -2.12. The molecule has 1 nitrogen and oxygen atoms in total. The van der Waals surface area contributed by atoms with Gasteiger partial charge in [0.2, 0.25) is 0 Å². The molecule has 0 saturated carbocycles. The van der Waals surface area contributed by atoms with Crippen LogP contribution in [0.4, 0.5) is 22.0 Å². The van der Waals surface area contributed by atoms with E-state index in [1.165, 1.54) is 0 Å². The van der Waals surface area contributed by atoms with Crippen molar-refractivity contribution in [2.75, 3.05) is 5.33 Å². The Bertz CT molecular complexity index is 392. The van der Waals surface area contributed by atoms with E-state index in [-0.39, 0.29) is 12.0 Å². The summed E-state index contributed by atoms with van der Waals surface area (Å²) in [4.78, 5) is 0. The lowest BCUT2D eigenvalue weighted by atomic mass is 10.0. The van der Waals surface area contributed by atoms with Crippen LogP contribution in [-0.4, -0.2) is 11.9 Å². The van der Waals surface area contributed by atoms with Gasteiger partial charge in [0, 0.05) is 10.9 Å². The van der Waals surface area contributed by atoms with Crippen molar-refractivity contribution in [3.8, 4) is 5.75 Å². The second kappa shape index (κ2) is 6.36. The molecule has 0 N–H and O–H groups in total. The van der Waals surface area contributed by atoms with Crippen molar-refractivity contribution >= 4 is 15.9 Å². The molecule has 18 heavy (non-hydrogen) atoms. The van der Waals surface area contributed by atoms with E-state index in [2.05, 4.69) is 20.7 Å². The number of hydrogen-bond donors (Lipinski definition) is 0. The highest BCUT2D eigenvalue weighted by atomic mass is 79.9. The Morgan fingerprint density at radius 1 is 1.22 bits per heavy atom. The summed E-state index contributed by atoms with van der Waals surface area (Å²) in [5.74, 6) is -0.416. The smallest absolute Gasteiger partial charge is 0.416 e. The molecule has 0 aliphatic heterocycles. The van der Waals surface area contributed by atoms with Gasteiger partial charge in [-0.05, 0) is 25.0 Å². The van der Waals surface area contributed by atoms with Crippen molar-refractivity contribution in [2.24, 2.45) is 0 Å². The SMILES string of the molecule is FC(F)Oc1cccc(C(F)(F)F)c1CCCBr.